The lowest BCUT2D eigenvalue weighted by atomic mass is 10.0. The van der Waals surface area contributed by atoms with Gasteiger partial charge in [-0.2, -0.15) is 8.42 Å². The van der Waals surface area contributed by atoms with E-state index in [4.69, 9.17) is 4.18 Å². The van der Waals surface area contributed by atoms with Crippen LogP contribution in [0.2, 0.25) is 0 Å². The molecular weight excluding hydrogens is 360 g/mol. The minimum absolute atomic E-state index is 0.0672. The molecule has 156 valence electrons. The number of hydrogen-bond donors (Lipinski definition) is 1. The number of rotatable bonds is 15. The highest BCUT2D eigenvalue weighted by atomic mass is 32.2. The molecule has 4 nitrogen and oxygen atoms in total. The standard InChI is InChI=1S/C22H38O4S/c1-4-6-8-9-10-11-13-17-20(16-12-7-5-2)27(24,25)26-22-19(3)15-14-18-21(22)23/h14-15,18,20,23H,4-13,16-17H2,1-3H3. The first kappa shape index (κ1) is 23.8. The quantitative estimate of drug-likeness (QED) is 0.270. The molecule has 0 fully saturated rings. The Morgan fingerprint density at radius 1 is 0.889 bits per heavy atom. The summed E-state index contributed by atoms with van der Waals surface area (Å²) >= 11 is 0. The highest BCUT2D eigenvalue weighted by Gasteiger charge is 2.28. The van der Waals surface area contributed by atoms with Crippen LogP contribution >= 0.6 is 0 Å². The molecule has 0 radical (unpaired) electrons. The summed E-state index contributed by atoms with van der Waals surface area (Å²) in [5, 5.41) is 9.48. The first-order valence-electron chi connectivity index (χ1n) is 10.6. The van der Waals surface area contributed by atoms with E-state index in [1.54, 1.807) is 19.1 Å². The lowest BCUT2D eigenvalue weighted by molar-refractivity contribution is 0.413. The lowest BCUT2D eigenvalue weighted by Gasteiger charge is -2.19. The Hall–Kier alpha value is -1.23. The van der Waals surface area contributed by atoms with Crippen LogP contribution in [0.1, 0.15) is 96.5 Å². The summed E-state index contributed by atoms with van der Waals surface area (Å²) in [7, 11) is -3.76. The van der Waals surface area contributed by atoms with Gasteiger partial charge in [-0.3, -0.25) is 0 Å². The number of aryl methyl sites for hydroxylation is 1. The molecule has 0 amide bonds. The normalized spacial score (nSPS) is 12.9. The lowest BCUT2D eigenvalue weighted by Crippen LogP contribution is -2.26. The molecule has 0 saturated heterocycles. The van der Waals surface area contributed by atoms with Crippen molar-refractivity contribution in [3.05, 3.63) is 23.8 Å². The zero-order chi connectivity index (χ0) is 20.1. The average Bonchev–Trinajstić information content (AvgIpc) is 2.62. The fraction of sp³-hybridized carbons (Fsp3) is 0.727. The maximum atomic E-state index is 12.9. The second-order valence-corrected chi connectivity index (χ2v) is 9.35. The van der Waals surface area contributed by atoms with Crippen molar-refractivity contribution in [1.29, 1.82) is 0 Å². The molecule has 0 aliphatic rings. The van der Waals surface area contributed by atoms with Crippen LogP contribution in [0, 0.1) is 6.92 Å². The molecule has 0 saturated carbocycles. The Labute approximate surface area is 166 Å². The molecule has 1 aromatic rings. The first-order chi connectivity index (χ1) is 12.9. The van der Waals surface area contributed by atoms with Gasteiger partial charge < -0.3 is 9.29 Å². The van der Waals surface area contributed by atoms with Crippen molar-refractivity contribution in [1.82, 2.24) is 0 Å². The molecule has 0 aromatic heterocycles. The number of para-hydroxylation sites is 1. The summed E-state index contributed by atoms with van der Waals surface area (Å²) in [4.78, 5) is 0. The van der Waals surface area contributed by atoms with Crippen LogP contribution in [0.25, 0.3) is 0 Å². The Bertz CT molecular complexity index is 605. The van der Waals surface area contributed by atoms with E-state index in [0.29, 0.717) is 18.4 Å². The minimum atomic E-state index is -3.76. The van der Waals surface area contributed by atoms with Gasteiger partial charge in [-0.1, -0.05) is 90.2 Å². The predicted molar refractivity (Wildman–Crippen MR) is 113 cm³/mol. The van der Waals surface area contributed by atoms with Crippen LogP contribution in [0.15, 0.2) is 18.2 Å². The van der Waals surface area contributed by atoms with Gasteiger partial charge in [0, 0.05) is 0 Å². The Morgan fingerprint density at radius 2 is 1.41 bits per heavy atom. The topological polar surface area (TPSA) is 63.6 Å². The van der Waals surface area contributed by atoms with E-state index in [2.05, 4.69) is 13.8 Å². The molecular formula is C22H38O4S. The Kier molecular flexibility index (Phi) is 11.5. The molecule has 0 spiro atoms. The molecule has 1 aromatic carbocycles. The van der Waals surface area contributed by atoms with Gasteiger partial charge in [0.2, 0.25) is 0 Å². The fourth-order valence-corrected chi connectivity index (χ4v) is 4.81. The summed E-state index contributed by atoms with van der Waals surface area (Å²) in [6, 6.07) is 4.88. The van der Waals surface area contributed by atoms with Crippen molar-refractivity contribution >= 4 is 10.1 Å². The highest BCUT2D eigenvalue weighted by Crippen LogP contribution is 2.32. The van der Waals surface area contributed by atoms with E-state index in [9.17, 15) is 13.5 Å². The van der Waals surface area contributed by atoms with Crippen LogP contribution in [-0.2, 0) is 10.1 Å². The molecule has 0 heterocycles. The van der Waals surface area contributed by atoms with Crippen LogP contribution in [0.5, 0.6) is 11.5 Å². The molecule has 1 rings (SSSR count). The number of benzene rings is 1. The second-order valence-electron chi connectivity index (χ2n) is 7.53. The summed E-state index contributed by atoms with van der Waals surface area (Å²) in [5.41, 5.74) is 0.627. The minimum Gasteiger partial charge on any atom is -0.504 e. The van der Waals surface area contributed by atoms with Crippen molar-refractivity contribution in [2.24, 2.45) is 0 Å². The van der Waals surface area contributed by atoms with Gasteiger partial charge in [0.1, 0.15) is 0 Å². The van der Waals surface area contributed by atoms with E-state index >= 15 is 0 Å². The summed E-state index contributed by atoms with van der Waals surface area (Å²) in [5.74, 6) is -0.0561. The molecule has 1 unspecified atom stereocenters. The molecule has 27 heavy (non-hydrogen) atoms. The molecule has 1 N–H and O–H groups in total. The first-order valence-corrected chi connectivity index (χ1v) is 12.1. The van der Waals surface area contributed by atoms with Crippen molar-refractivity contribution < 1.29 is 17.7 Å². The van der Waals surface area contributed by atoms with E-state index in [1.807, 2.05) is 0 Å². The van der Waals surface area contributed by atoms with E-state index in [-0.39, 0.29) is 11.5 Å². The Balaban J connectivity index is 2.67. The second kappa shape index (κ2) is 13.0. The third-order valence-corrected chi connectivity index (χ3v) is 6.75. The molecule has 1 atom stereocenters. The van der Waals surface area contributed by atoms with Crippen molar-refractivity contribution in [2.75, 3.05) is 0 Å². The van der Waals surface area contributed by atoms with Crippen LogP contribution in [0.4, 0.5) is 0 Å². The van der Waals surface area contributed by atoms with Gasteiger partial charge in [0.05, 0.1) is 5.25 Å². The fourth-order valence-electron chi connectivity index (χ4n) is 3.31. The number of phenols is 1. The molecule has 5 heteroatoms. The largest absolute Gasteiger partial charge is 0.504 e. The summed E-state index contributed by atoms with van der Waals surface area (Å²) in [6.07, 6.45) is 12.4. The third kappa shape index (κ3) is 9.00. The van der Waals surface area contributed by atoms with E-state index in [0.717, 1.165) is 32.1 Å². The monoisotopic (exact) mass is 398 g/mol. The zero-order valence-electron chi connectivity index (χ0n) is 17.4. The average molecular weight is 399 g/mol. The van der Waals surface area contributed by atoms with Gasteiger partial charge >= 0.3 is 10.1 Å². The van der Waals surface area contributed by atoms with Crippen molar-refractivity contribution in [3.8, 4) is 11.5 Å². The van der Waals surface area contributed by atoms with E-state index < -0.39 is 15.4 Å². The zero-order valence-corrected chi connectivity index (χ0v) is 18.2. The summed E-state index contributed by atoms with van der Waals surface area (Å²) < 4.78 is 31.1. The summed E-state index contributed by atoms with van der Waals surface area (Å²) in [6.45, 7) is 6.06. The molecule has 0 aliphatic carbocycles. The van der Waals surface area contributed by atoms with Crippen LogP contribution in [0.3, 0.4) is 0 Å². The van der Waals surface area contributed by atoms with Crippen LogP contribution in [-0.4, -0.2) is 18.8 Å². The number of phenolic OH excluding ortho intramolecular Hbond substituents is 1. The van der Waals surface area contributed by atoms with Crippen molar-refractivity contribution in [2.45, 2.75) is 103 Å². The van der Waals surface area contributed by atoms with Crippen molar-refractivity contribution in [3.63, 3.8) is 0 Å². The van der Waals surface area contributed by atoms with Gasteiger partial charge in [0.25, 0.3) is 0 Å². The maximum absolute atomic E-state index is 12.9. The van der Waals surface area contributed by atoms with Gasteiger partial charge in [0.15, 0.2) is 11.5 Å². The number of hydrogen-bond acceptors (Lipinski definition) is 4. The Morgan fingerprint density at radius 3 is 2.00 bits per heavy atom. The van der Waals surface area contributed by atoms with E-state index in [1.165, 1.54) is 38.2 Å². The molecule has 0 aliphatic heterocycles. The number of aromatic hydroxyl groups is 1. The third-order valence-electron chi connectivity index (χ3n) is 5.06. The SMILES string of the molecule is CCCCCCCCCC(CCCCC)S(=O)(=O)Oc1c(C)cccc1O. The number of unbranched alkanes of at least 4 members (excludes halogenated alkanes) is 8. The predicted octanol–water partition coefficient (Wildman–Crippen LogP) is 6.50. The molecule has 0 bridgehead atoms. The van der Waals surface area contributed by atoms with Crippen LogP contribution < -0.4 is 4.18 Å². The maximum Gasteiger partial charge on any atom is 0.312 e. The van der Waals surface area contributed by atoms with Gasteiger partial charge in [-0.05, 0) is 31.4 Å². The smallest absolute Gasteiger partial charge is 0.312 e. The van der Waals surface area contributed by atoms with Gasteiger partial charge in [-0.15, -0.1) is 0 Å². The highest BCUT2D eigenvalue weighted by molar-refractivity contribution is 7.87. The van der Waals surface area contributed by atoms with Gasteiger partial charge in [-0.25, -0.2) is 0 Å².